The Morgan fingerprint density at radius 1 is 1.26 bits per heavy atom. The van der Waals surface area contributed by atoms with Gasteiger partial charge in [0.05, 0.1) is 10.5 Å². The SMILES string of the molecule is O=C(O)C1CCCCN1S(=O)(=O)c1cc(Cl)cc(C(F)(F)F)c1. The Hall–Kier alpha value is -1.32. The second kappa shape index (κ2) is 6.29. The highest BCUT2D eigenvalue weighted by Gasteiger charge is 2.39. The third-order valence-corrected chi connectivity index (χ3v) is 5.65. The lowest BCUT2D eigenvalue weighted by molar-refractivity contribution is -0.142. The van der Waals surface area contributed by atoms with Crippen molar-refractivity contribution in [1.29, 1.82) is 0 Å². The van der Waals surface area contributed by atoms with E-state index in [-0.39, 0.29) is 18.0 Å². The summed E-state index contributed by atoms with van der Waals surface area (Å²) in [5.74, 6) is -1.33. The Morgan fingerprint density at radius 2 is 1.91 bits per heavy atom. The zero-order chi connectivity index (χ0) is 17.4. The summed E-state index contributed by atoms with van der Waals surface area (Å²) in [7, 11) is -4.39. The Morgan fingerprint density at radius 3 is 2.48 bits per heavy atom. The van der Waals surface area contributed by atoms with Crippen LogP contribution in [-0.2, 0) is 21.0 Å². The van der Waals surface area contributed by atoms with Crippen molar-refractivity contribution in [2.24, 2.45) is 0 Å². The van der Waals surface area contributed by atoms with Gasteiger partial charge in [-0.15, -0.1) is 0 Å². The van der Waals surface area contributed by atoms with Crippen molar-refractivity contribution in [2.75, 3.05) is 6.54 Å². The van der Waals surface area contributed by atoms with E-state index in [1.165, 1.54) is 0 Å². The molecule has 0 spiro atoms. The molecule has 5 nitrogen and oxygen atoms in total. The summed E-state index contributed by atoms with van der Waals surface area (Å²) in [5.41, 5.74) is -1.20. The predicted molar refractivity (Wildman–Crippen MR) is 75.6 cm³/mol. The topological polar surface area (TPSA) is 74.7 Å². The smallest absolute Gasteiger partial charge is 0.416 e. The van der Waals surface area contributed by atoms with Crippen LogP contribution in [0.4, 0.5) is 13.2 Å². The number of aliphatic carboxylic acids is 1. The molecule has 2 rings (SSSR count). The van der Waals surface area contributed by atoms with Gasteiger partial charge in [-0.3, -0.25) is 4.79 Å². The van der Waals surface area contributed by atoms with Gasteiger partial charge in [0, 0.05) is 11.6 Å². The first-order valence-corrected chi connectivity index (χ1v) is 8.48. The Bertz CT molecular complexity index is 720. The fraction of sp³-hybridized carbons (Fsp3) is 0.462. The van der Waals surface area contributed by atoms with Gasteiger partial charge in [0.25, 0.3) is 0 Å². The number of halogens is 4. The standard InChI is InChI=1S/C13H13ClF3NO4S/c14-9-5-8(13(15,16)17)6-10(7-9)23(21,22)18-4-2-1-3-11(18)12(19)20/h5-7,11H,1-4H2,(H,19,20). The summed E-state index contributed by atoms with van der Waals surface area (Å²) < 4.78 is 64.3. The van der Waals surface area contributed by atoms with E-state index >= 15 is 0 Å². The average molecular weight is 372 g/mol. The molecule has 1 fully saturated rings. The zero-order valence-corrected chi connectivity index (χ0v) is 13.2. The number of alkyl halides is 3. The van der Waals surface area contributed by atoms with Gasteiger partial charge < -0.3 is 5.11 Å². The Labute approximate surface area is 135 Å². The molecule has 10 heteroatoms. The van der Waals surface area contributed by atoms with Gasteiger partial charge >= 0.3 is 12.1 Å². The quantitative estimate of drug-likeness (QED) is 0.886. The molecule has 0 aromatic heterocycles. The molecule has 1 heterocycles. The summed E-state index contributed by atoms with van der Waals surface area (Å²) >= 11 is 5.60. The van der Waals surface area contributed by atoms with Crippen LogP contribution in [0.15, 0.2) is 23.1 Å². The van der Waals surface area contributed by atoms with Crippen molar-refractivity contribution in [2.45, 2.75) is 36.4 Å². The Kier molecular flexibility index (Phi) is 4.93. The molecule has 1 aliphatic rings. The number of rotatable bonds is 3. The van der Waals surface area contributed by atoms with Crippen LogP contribution >= 0.6 is 11.6 Å². The summed E-state index contributed by atoms with van der Waals surface area (Å²) in [4.78, 5) is 10.6. The van der Waals surface area contributed by atoms with Gasteiger partial charge in [0.2, 0.25) is 10.0 Å². The molecule has 0 aliphatic carbocycles. The van der Waals surface area contributed by atoms with E-state index < -0.39 is 38.7 Å². The maximum absolute atomic E-state index is 12.8. The first kappa shape index (κ1) is 18.0. The first-order chi connectivity index (χ1) is 10.5. The number of carboxylic acid groups (broad SMARTS) is 1. The van der Waals surface area contributed by atoms with E-state index in [4.69, 9.17) is 16.7 Å². The van der Waals surface area contributed by atoms with Crippen molar-refractivity contribution >= 4 is 27.6 Å². The molecular formula is C13H13ClF3NO4S. The van der Waals surface area contributed by atoms with Crippen molar-refractivity contribution in [3.8, 4) is 0 Å². The van der Waals surface area contributed by atoms with Crippen LogP contribution in [0, 0.1) is 0 Å². The number of hydrogen-bond donors (Lipinski definition) is 1. The van der Waals surface area contributed by atoms with Crippen LogP contribution in [0.5, 0.6) is 0 Å². The number of piperidine rings is 1. The largest absolute Gasteiger partial charge is 0.480 e. The maximum atomic E-state index is 12.8. The summed E-state index contributed by atoms with van der Waals surface area (Å²) in [6, 6.07) is 0.682. The van der Waals surface area contributed by atoms with Gasteiger partial charge in [-0.05, 0) is 37.5 Å². The van der Waals surface area contributed by atoms with Crippen molar-refractivity contribution in [1.82, 2.24) is 4.31 Å². The van der Waals surface area contributed by atoms with Crippen molar-refractivity contribution in [3.63, 3.8) is 0 Å². The van der Waals surface area contributed by atoms with Gasteiger partial charge in [-0.25, -0.2) is 8.42 Å². The molecule has 1 saturated heterocycles. The molecule has 128 valence electrons. The third-order valence-electron chi connectivity index (χ3n) is 3.54. The molecule has 0 saturated carbocycles. The van der Waals surface area contributed by atoms with Crippen LogP contribution < -0.4 is 0 Å². The average Bonchev–Trinajstić information content (AvgIpc) is 2.45. The summed E-state index contributed by atoms with van der Waals surface area (Å²) in [6.45, 7) is -0.0623. The highest BCUT2D eigenvalue weighted by Crippen LogP contribution is 2.34. The number of carbonyl (C=O) groups is 1. The van der Waals surface area contributed by atoms with Crippen LogP contribution in [0.3, 0.4) is 0 Å². The number of nitrogens with zero attached hydrogens (tertiary/aromatic N) is 1. The molecule has 0 amide bonds. The molecule has 1 aliphatic heterocycles. The number of carboxylic acids is 1. The number of sulfonamides is 1. The fourth-order valence-corrected chi connectivity index (χ4v) is 4.47. The van der Waals surface area contributed by atoms with Gasteiger partial charge in [0.1, 0.15) is 6.04 Å². The molecule has 1 aromatic rings. The van der Waals surface area contributed by atoms with Crippen LogP contribution in [0.1, 0.15) is 24.8 Å². The molecule has 1 aromatic carbocycles. The van der Waals surface area contributed by atoms with E-state index in [9.17, 15) is 26.4 Å². The molecule has 1 N–H and O–H groups in total. The Balaban J connectivity index is 2.51. The van der Waals surface area contributed by atoms with Crippen LogP contribution in [0.2, 0.25) is 5.02 Å². The van der Waals surface area contributed by atoms with E-state index in [1.807, 2.05) is 0 Å². The molecular weight excluding hydrogens is 359 g/mol. The minimum Gasteiger partial charge on any atom is -0.480 e. The van der Waals surface area contributed by atoms with E-state index in [2.05, 4.69) is 0 Å². The molecule has 1 unspecified atom stereocenters. The summed E-state index contributed by atoms with van der Waals surface area (Å²) in [5, 5.41) is 8.76. The highest BCUT2D eigenvalue weighted by atomic mass is 35.5. The molecule has 0 radical (unpaired) electrons. The highest BCUT2D eigenvalue weighted by molar-refractivity contribution is 7.89. The predicted octanol–water partition coefficient (Wildman–Crippen LogP) is 2.99. The third kappa shape index (κ3) is 3.78. The molecule has 0 bridgehead atoms. The van der Waals surface area contributed by atoms with Gasteiger partial charge in [-0.1, -0.05) is 11.6 Å². The number of benzene rings is 1. The lowest BCUT2D eigenvalue weighted by Gasteiger charge is -2.32. The second-order valence-corrected chi connectivity index (χ2v) is 7.47. The second-order valence-electron chi connectivity index (χ2n) is 5.14. The van der Waals surface area contributed by atoms with Gasteiger partial charge in [-0.2, -0.15) is 17.5 Å². The van der Waals surface area contributed by atoms with Gasteiger partial charge in [0.15, 0.2) is 0 Å². The fourth-order valence-electron chi connectivity index (χ4n) is 2.45. The maximum Gasteiger partial charge on any atom is 0.416 e. The number of hydrogen-bond acceptors (Lipinski definition) is 3. The monoisotopic (exact) mass is 371 g/mol. The summed E-state index contributed by atoms with van der Waals surface area (Å²) in [6.07, 6.45) is -3.67. The lowest BCUT2D eigenvalue weighted by Crippen LogP contribution is -2.47. The normalized spacial score (nSPS) is 20.4. The minimum atomic E-state index is -4.76. The molecule has 23 heavy (non-hydrogen) atoms. The molecule has 1 atom stereocenters. The van der Waals surface area contributed by atoms with Crippen molar-refractivity contribution < 1.29 is 31.5 Å². The minimum absolute atomic E-state index is 0.0623. The zero-order valence-electron chi connectivity index (χ0n) is 11.7. The van der Waals surface area contributed by atoms with Crippen LogP contribution in [0.25, 0.3) is 0 Å². The van der Waals surface area contributed by atoms with Crippen molar-refractivity contribution in [3.05, 3.63) is 28.8 Å². The van der Waals surface area contributed by atoms with E-state index in [1.54, 1.807) is 0 Å². The van der Waals surface area contributed by atoms with Crippen LogP contribution in [-0.4, -0.2) is 36.4 Å². The van der Waals surface area contributed by atoms with E-state index in [0.29, 0.717) is 25.0 Å². The first-order valence-electron chi connectivity index (χ1n) is 6.66. The van der Waals surface area contributed by atoms with E-state index in [0.717, 1.165) is 10.4 Å². The lowest BCUT2D eigenvalue weighted by atomic mass is 10.1.